The van der Waals surface area contributed by atoms with Gasteiger partial charge in [-0.25, -0.2) is 4.72 Å². The van der Waals surface area contributed by atoms with Crippen molar-refractivity contribution in [3.05, 3.63) is 23.9 Å². The first-order valence-corrected chi connectivity index (χ1v) is 10.4. The van der Waals surface area contributed by atoms with E-state index in [1.54, 1.807) is 20.3 Å². The Labute approximate surface area is 172 Å². The zero-order chi connectivity index (χ0) is 21.0. The van der Waals surface area contributed by atoms with Crippen molar-refractivity contribution in [1.29, 1.82) is 0 Å². The number of methoxy groups -OCH3 is 2. The van der Waals surface area contributed by atoms with Gasteiger partial charge in [0.1, 0.15) is 0 Å². The van der Waals surface area contributed by atoms with Crippen LogP contribution < -0.4 is 24.8 Å². The van der Waals surface area contributed by atoms with Crippen LogP contribution in [-0.4, -0.2) is 53.5 Å². The number of pyridine rings is 1. The summed E-state index contributed by atoms with van der Waals surface area (Å²) in [6.45, 7) is 1.90. The summed E-state index contributed by atoms with van der Waals surface area (Å²) in [6, 6.07) is 3.60. The first-order valence-electron chi connectivity index (χ1n) is 9.36. The largest absolute Gasteiger partial charge is 0.760 e. The van der Waals surface area contributed by atoms with Crippen molar-refractivity contribution < 1.29 is 23.0 Å². The van der Waals surface area contributed by atoms with Gasteiger partial charge < -0.3 is 24.7 Å². The number of carbonyl (C=O) groups is 1. The summed E-state index contributed by atoms with van der Waals surface area (Å²) >= 11 is -2.23. The van der Waals surface area contributed by atoms with Gasteiger partial charge in [0.15, 0.2) is 11.5 Å². The number of hydrogen-bond acceptors (Lipinski definition) is 7. The van der Waals surface area contributed by atoms with E-state index in [0.29, 0.717) is 35.0 Å². The van der Waals surface area contributed by atoms with Gasteiger partial charge in [-0.1, -0.05) is 0 Å². The molecule has 1 unspecified atom stereocenters. The Hall–Kier alpha value is -2.43. The van der Waals surface area contributed by atoms with Crippen molar-refractivity contribution in [1.82, 2.24) is 9.71 Å². The number of nitrogens with zero attached hydrogens (tertiary/aromatic N) is 2. The van der Waals surface area contributed by atoms with Crippen LogP contribution >= 0.6 is 0 Å². The molecule has 0 spiro atoms. The molecule has 158 valence electrons. The van der Waals surface area contributed by atoms with Crippen LogP contribution in [0.3, 0.4) is 0 Å². The number of hydrogen-bond donors (Lipinski definition) is 2. The Morgan fingerprint density at radius 3 is 2.55 bits per heavy atom. The van der Waals surface area contributed by atoms with E-state index in [1.165, 1.54) is 6.20 Å². The third-order valence-electron chi connectivity index (χ3n) is 5.31. The number of piperidine rings is 1. The molecule has 0 saturated carbocycles. The number of nitrogens with one attached hydrogen (secondary N) is 1. The minimum Gasteiger partial charge on any atom is -0.760 e. The molecular weight excluding hydrogens is 396 g/mol. The van der Waals surface area contributed by atoms with E-state index in [-0.39, 0.29) is 0 Å². The van der Waals surface area contributed by atoms with Crippen LogP contribution in [0.2, 0.25) is 0 Å². The SMILES string of the molecule is COc1cc2ncc(C(N)=O)c(N3CCC(CCNS(=O)[O-])CC3)c2cc1OC. The highest BCUT2D eigenvalue weighted by molar-refractivity contribution is 7.77. The van der Waals surface area contributed by atoms with Crippen molar-refractivity contribution >= 4 is 33.8 Å². The quantitative estimate of drug-likeness (QED) is 0.615. The molecule has 1 atom stereocenters. The number of carbonyl (C=O) groups excluding carboxylic acids is 1. The lowest BCUT2D eigenvalue weighted by atomic mass is 9.92. The average molecular weight is 421 g/mol. The van der Waals surface area contributed by atoms with Crippen LogP contribution in [0.4, 0.5) is 5.69 Å². The van der Waals surface area contributed by atoms with Gasteiger partial charge in [0.25, 0.3) is 5.91 Å². The van der Waals surface area contributed by atoms with Gasteiger partial charge in [0, 0.05) is 48.6 Å². The fourth-order valence-corrected chi connectivity index (χ4v) is 4.10. The number of rotatable bonds is 8. The average Bonchev–Trinajstić information content (AvgIpc) is 2.72. The van der Waals surface area contributed by atoms with Gasteiger partial charge >= 0.3 is 0 Å². The second-order valence-corrected chi connectivity index (χ2v) is 7.72. The summed E-state index contributed by atoms with van der Waals surface area (Å²) in [6.07, 6.45) is 4.07. The Bertz CT molecular complexity index is 915. The van der Waals surface area contributed by atoms with E-state index < -0.39 is 17.2 Å². The Balaban J connectivity index is 1.90. The van der Waals surface area contributed by atoms with Crippen molar-refractivity contribution in [3.8, 4) is 11.5 Å². The van der Waals surface area contributed by atoms with Crippen LogP contribution in [-0.2, 0) is 11.3 Å². The van der Waals surface area contributed by atoms with Crippen LogP contribution in [0, 0.1) is 5.92 Å². The first-order chi connectivity index (χ1) is 13.9. The van der Waals surface area contributed by atoms with Gasteiger partial charge in [-0.15, -0.1) is 0 Å². The van der Waals surface area contributed by atoms with Gasteiger partial charge in [-0.2, -0.15) is 0 Å². The molecular formula is C19H25N4O5S-. The second-order valence-electron chi connectivity index (χ2n) is 6.96. The molecule has 0 bridgehead atoms. The number of anilines is 1. The summed E-state index contributed by atoms with van der Waals surface area (Å²) in [4.78, 5) is 18.6. The molecule has 9 nitrogen and oxygen atoms in total. The maximum Gasteiger partial charge on any atom is 0.252 e. The molecule has 3 rings (SSSR count). The fraction of sp³-hybridized carbons (Fsp3) is 0.474. The zero-order valence-corrected chi connectivity index (χ0v) is 17.3. The molecule has 1 aliphatic heterocycles. The lowest BCUT2D eigenvalue weighted by Crippen LogP contribution is -2.36. The van der Waals surface area contributed by atoms with Crippen LogP contribution in [0.5, 0.6) is 11.5 Å². The molecule has 1 amide bonds. The fourth-order valence-electron chi connectivity index (χ4n) is 3.82. The summed E-state index contributed by atoms with van der Waals surface area (Å²) in [7, 11) is 3.12. The van der Waals surface area contributed by atoms with Crippen molar-refractivity contribution in [3.63, 3.8) is 0 Å². The van der Waals surface area contributed by atoms with E-state index in [2.05, 4.69) is 14.6 Å². The summed E-state index contributed by atoms with van der Waals surface area (Å²) < 4.78 is 34.4. The van der Waals surface area contributed by atoms with Gasteiger partial charge in [-0.05, 0) is 31.2 Å². The third-order valence-corrected chi connectivity index (χ3v) is 5.75. The summed E-state index contributed by atoms with van der Waals surface area (Å²) in [5, 5.41) is 0.779. The highest BCUT2D eigenvalue weighted by Gasteiger charge is 2.25. The predicted octanol–water partition coefficient (Wildman–Crippen LogP) is 1.34. The minimum atomic E-state index is -2.23. The summed E-state index contributed by atoms with van der Waals surface area (Å²) in [5.74, 6) is 0.999. The molecule has 1 aliphatic rings. The highest BCUT2D eigenvalue weighted by atomic mass is 32.2. The van der Waals surface area contributed by atoms with Gasteiger partial charge in [0.2, 0.25) is 0 Å². The zero-order valence-electron chi connectivity index (χ0n) is 16.5. The number of benzene rings is 1. The van der Waals surface area contributed by atoms with E-state index in [4.69, 9.17) is 15.2 Å². The normalized spacial score (nSPS) is 16.0. The van der Waals surface area contributed by atoms with E-state index in [1.807, 2.05) is 6.07 Å². The maximum atomic E-state index is 12.1. The number of aromatic nitrogens is 1. The Morgan fingerprint density at radius 2 is 1.97 bits per heavy atom. The molecule has 2 aromatic rings. The minimum absolute atomic E-state index is 0.367. The van der Waals surface area contributed by atoms with E-state index >= 15 is 0 Å². The number of fused-ring (bicyclic) bond motifs is 1. The van der Waals surface area contributed by atoms with Crippen molar-refractivity contribution in [2.24, 2.45) is 11.7 Å². The number of nitrogens with two attached hydrogens (primary N) is 1. The lowest BCUT2D eigenvalue weighted by Gasteiger charge is -2.35. The maximum absolute atomic E-state index is 12.1. The molecule has 2 heterocycles. The topological polar surface area (TPSA) is 130 Å². The molecule has 1 aromatic heterocycles. The molecule has 1 fully saturated rings. The lowest BCUT2D eigenvalue weighted by molar-refractivity contribution is 0.100. The summed E-state index contributed by atoms with van der Waals surface area (Å²) in [5.41, 5.74) is 7.44. The molecule has 29 heavy (non-hydrogen) atoms. The molecule has 1 saturated heterocycles. The van der Waals surface area contributed by atoms with E-state index in [0.717, 1.165) is 43.4 Å². The van der Waals surface area contributed by atoms with Gasteiger partial charge in [0.05, 0.1) is 31.0 Å². The van der Waals surface area contributed by atoms with E-state index in [9.17, 15) is 13.6 Å². The molecule has 1 aromatic carbocycles. The van der Waals surface area contributed by atoms with Crippen molar-refractivity contribution in [2.75, 3.05) is 38.8 Å². The smallest absolute Gasteiger partial charge is 0.252 e. The highest BCUT2D eigenvalue weighted by Crippen LogP contribution is 2.38. The molecule has 0 radical (unpaired) electrons. The monoisotopic (exact) mass is 421 g/mol. The second kappa shape index (κ2) is 9.38. The third kappa shape index (κ3) is 4.77. The number of amides is 1. The Kier molecular flexibility index (Phi) is 6.88. The molecule has 0 aliphatic carbocycles. The molecule has 3 N–H and O–H groups in total. The predicted molar refractivity (Wildman–Crippen MR) is 110 cm³/mol. The van der Waals surface area contributed by atoms with Crippen LogP contribution in [0.25, 0.3) is 10.9 Å². The number of primary amides is 1. The Morgan fingerprint density at radius 1 is 1.31 bits per heavy atom. The van der Waals surface area contributed by atoms with Gasteiger partial charge in [-0.3, -0.25) is 14.0 Å². The standard InChI is InChI=1S/C19H26N4O5S/c1-27-16-9-13-15(10-17(16)28-2)21-11-14(19(20)24)18(13)23-7-4-12(5-8-23)3-6-22-29(25)26/h9-12,22H,3-8H2,1-2H3,(H2,20,24)(H,25,26)/p-1. The van der Waals surface area contributed by atoms with Crippen LogP contribution in [0.15, 0.2) is 18.3 Å². The number of ether oxygens (including phenoxy) is 2. The van der Waals surface area contributed by atoms with Crippen molar-refractivity contribution in [2.45, 2.75) is 19.3 Å². The first kappa shape index (κ1) is 21.3. The van der Waals surface area contributed by atoms with Crippen LogP contribution in [0.1, 0.15) is 29.6 Å². The molecule has 10 heteroatoms.